The van der Waals surface area contributed by atoms with Crippen molar-refractivity contribution < 1.29 is 13.2 Å². The Balaban J connectivity index is 2.25. The van der Waals surface area contributed by atoms with Crippen LogP contribution in [-0.2, 0) is 14.8 Å². The molecule has 3 aromatic rings. The smallest absolute Gasteiger partial charge is 0.266 e. The monoisotopic (exact) mass is 497 g/mol. The van der Waals surface area contributed by atoms with Gasteiger partial charge < -0.3 is 5.73 Å². The van der Waals surface area contributed by atoms with E-state index in [1.54, 1.807) is 43.3 Å². The molecular formula is C23H23N5O4S2. The van der Waals surface area contributed by atoms with E-state index in [4.69, 9.17) is 5.73 Å². The summed E-state index contributed by atoms with van der Waals surface area (Å²) in [5.74, 6) is -0.682. The van der Waals surface area contributed by atoms with Gasteiger partial charge in [0.1, 0.15) is 11.6 Å². The molecule has 3 rings (SSSR count). The molecule has 0 aliphatic carbocycles. The highest BCUT2D eigenvalue weighted by Crippen LogP contribution is 2.26. The van der Waals surface area contributed by atoms with Crippen LogP contribution in [0.4, 0.5) is 0 Å². The van der Waals surface area contributed by atoms with Crippen molar-refractivity contribution in [1.29, 1.82) is 5.26 Å². The minimum atomic E-state index is -3.76. The second kappa shape index (κ2) is 9.80. The van der Waals surface area contributed by atoms with E-state index in [0.29, 0.717) is 22.2 Å². The molecule has 0 aliphatic rings. The average Bonchev–Trinajstić information content (AvgIpc) is 2.78. The summed E-state index contributed by atoms with van der Waals surface area (Å²) in [6.45, 7) is 3.21. The molecule has 0 saturated heterocycles. The van der Waals surface area contributed by atoms with E-state index in [-0.39, 0.29) is 27.1 Å². The Labute approximate surface area is 201 Å². The number of ketones is 1. The Morgan fingerprint density at radius 2 is 1.91 bits per heavy atom. The van der Waals surface area contributed by atoms with Gasteiger partial charge in [-0.1, -0.05) is 30.0 Å². The van der Waals surface area contributed by atoms with Crippen molar-refractivity contribution in [3.63, 3.8) is 0 Å². The van der Waals surface area contributed by atoms with Gasteiger partial charge >= 0.3 is 0 Å². The Morgan fingerprint density at radius 1 is 1.24 bits per heavy atom. The van der Waals surface area contributed by atoms with E-state index < -0.39 is 21.4 Å². The number of fused-ring (bicyclic) bond motifs is 1. The first-order valence-corrected chi connectivity index (χ1v) is 12.5. The molecular weight excluding hydrogens is 474 g/mol. The molecule has 0 spiro atoms. The van der Waals surface area contributed by atoms with Gasteiger partial charge in [-0.2, -0.15) is 5.26 Å². The second-order valence-corrected chi connectivity index (χ2v) is 10.8. The minimum Gasteiger partial charge on any atom is -0.401 e. The SMILES string of the molecule is CC(N)=C(C#N)C(=O)CSc1nc2ccccc2c(=O)n1-c1cc(S(=O)(=O)N(C)C)ccc1C. The number of benzene rings is 2. The zero-order chi connectivity index (χ0) is 25.2. The van der Waals surface area contributed by atoms with Crippen LogP contribution in [-0.4, -0.2) is 47.9 Å². The average molecular weight is 498 g/mol. The summed E-state index contributed by atoms with van der Waals surface area (Å²) in [6.07, 6.45) is 0. The van der Waals surface area contributed by atoms with Gasteiger partial charge in [-0.15, -0.1) is 0 Å². The first-order valence-electron chi connectivity index (χ1n) is 10.1. The highest BCUT2D eigenvalue weighted by Gasteiger charge is 2.22. The molecule has 9 nitrogen and oxygen atoms in total. The topological polar surface area (TPSA) is 139 Å². The lowest BCUT2D eigenvalue weighted by Gasteiger charge is -2.17. The molecule has 0 radical (unpaired) electrons. The first kappa shape index (κ1) is 25.2. The zero-order valence-corrected chi connectivity index (χ0v) is 20.7. The van der Waals surface area contributed by atoms with Crippen molar-refractivity contribution in [2.24, 2.45) is 5.73 Å². The molecule has 0 unspecified atom stereocenters. The number of thioether (sulfide) groups is 1. The summed E-state index contributed by atoms with van der Waals surface area (Å²) >= 11 is 0.970. The number of aryl methyl sites for hydroxylation is 1. The molecule has 0 aliphatic heterocycles. The van der Waals surface area contributed by atoms with E-state index in [0.717, 1.165) is 16.1 Å². The third kappa shape index (κ3) is 4.75. The number of nitrogens with zero attached hydrogens (tertiary/aromatic N) is 4. The van der Waals surface area contributed by atoms with Gasteiger partial charge in [0, 0.05) is 19.8 Å². The summed E-state index contributed by atoms with van der Waals surface area (Å²) in [7, 11) is -0.918. The number of para-hydroxylation sites is 1. The number of allylic oxidation sites excluding steroid dienone is 2. The van der Waals surface area contributed by atoms with Crippen LogP contribution >= 0.6 is 11.8 Å². The number of carbonyl (C=O) groups is 1. The largest absolute Gasteiger partial charge is 0.401 e. The third-order valence-corrected chi connectivity index (χ3v) is 7.81. The van der Waals surface area contributed by atoms with E-state index in [1.165, 1.54) is 37.7 Å². The predicted molar refractivity (Wildman–Crippen MR) is 131 cm³/mol. The molecule has 1 heterocycles. The quantitative estimate of drug-likeness (QED) is 0.227. The third-order valence-electron chi connectivity index (χ3n) is 5.06. The lowest BCUT2D eigenvalue weighted by molar-refractivity contribution is -0.112. The van der Waals surface area contributed by atoms with Crippen molar-refractivity contribution >= 4 is 38.5 Å². The van der Waals surface area contributed by atoms with Gasteiger partial charge in [0.05, 0.1) is 27.2 Å². The molecule has 0 amide bonds. The number of Topliss-reactive ketones (excluding diaryl/α,β-unsaturated/α-hetero) is 1. The molecule has 2 aromatic carbocycles. The van der Waals surface area contributed by atoms with Crippen molar-refractivity contribution in [1.82, 2.24) is 13.9 Å². The van der Waals surface area contributed by atoms with Gasteiger partial charge in [-0.25, -0.2) is 17.7 Å². The fourth-order valence-electron chi connectivity index (χ4n) is 3.20. The Kier molecular flexibility index (Phi) is 7.26. The van der Waals surface area contributed by atoms with Gasteiger partial charge in [-0.3, -0.25) is 14.2 Å². The standard InChI is InChI=1S/C23H23N5O4S2/c1-14-9-10-16(34(31,32)27(3)4)11-20(14)28-22(30)17-7-5-6-8-19(17)26-23(28)33-13-21(29)18(12-24)15(2)25/h5-11H,13,25H2,1-4H3. The number of aromatic nitrogens is 2. The summed E-state index contributed by atoms with van der Waals surface area (Å²) in [4.78, 5) is 30.6. The number of hydrogen-bond acceptors (Lipinski definition) is 8. The zero-order valence-electron chi connectivity index (χ0n) is 19.1. The summed E-state index contributed by atoms with van der Waals surface area (Å²) in [5.41, 5.74) is 6.57. The number of nitriles is 1. The van der Waals surface area contributed by atoms with Crippen molar-refractivity contribution in [2.45, 2.75) is 23.9 Å². The van der Waals surface area contributed by atoms with Crippen molar-refractivity contribution in [2.75, 3.05) is 19.8 Å². The van der Waals surface area contributed by atoms with Crippen LogP contribution in [0.15, 0.2) is 68.6 Å². The molecule has 0 saturated carbocycles. The van der Waals surface area contributed by atoms with Gasteiger partial charge in [0.15, 0.2) is 10.9 Å². The van der Waals surface area contributed by atoms with Gasteiger partial charge in [0.25, 0.3) is 5.56 Å². The normalized spacial score (nSPS) is 12.5. The fraction of sp³-hybridized carbons (Fsp3) is 0.217. The van der Waals surface area contributed by atoms with Gasteiger partial charge in [0.2, 0.25) is 10.0 Å². The predicted octanol–water partition coefficient (Wildman–Crippen LogP) is 2.36. The molecule has 0 bridgehead atoms. The van der Waals surface area contributed by atoms with E-state index in [1.807, 2.05) is 0 Å². The van der Waals surface area contributed by atoms with E-state index in [2.05, 4.69) is 4.98 Å². The maximum Gasteiger partial charge on any atom is 0.266 e. The van der Waals surface area contributed by atoms with Crippen LogP contribution in [0, 0.1) is 18.3 Å². The molecule has 0 fully saturated rings. The van der Waals surface area contributed by atoms with Gasteiger partial charge in [-0.05, 0) is 43.7 Å². The first-order chi connectivity index (χ1) is 16.0. The van der Waals surface area contributed by atoms with E-state index in [9.17, 15) is 23.3 Å². The fourth-order valence-corrected chi connectivity index (χ4v) is 5.00. The van der Waals surface area contributed by atoms with Crippen LogP contribution in [0.25, 0.3) is 16.6 Å². The maximum absolute atomic E-state index is 13.5. The lowest BCUT2D eigenvalue weighted by atomic mass is 10.2. The second-order valence-electron chi connectivity index (χ2n) is 7.67. The lowest BCUT2D eigenvalue weighted by Crippen LogP contribution is -2.25. The number of carbonyl (C=O) groups excluding carboxylic acids is 1. The number of nitrogens with two attached hydrogens (primary N) is 1. The van der Waals surface area contributed by atoms with Crippen LogP contribution in [0.1, 0.15) is 12.5 Å². The van der Waals surface area contributed by atoms with Crippen molar-refractivity contribution in [3.05, 3.63) is 69.7 Å². The van der Waals surface area contributed by atoms with Crippen molar-refractivity contribution in [3.8, 4) is 11.8 Å². The number of hydrogen-bond donors (Lipinski definition) is 1. The van der Waals surface area contributed by atoms with Crippen LogP contribution in [0.5, 0.6) is 0 Å². The Bertz CT molecular complexity index is 1530. The van der Waals surface area contributed by atoms with Crippen LogP contribution in [0.3, 0.4) is 0 Å². The number of rotatable bonds is 7. The molecule has 34 heavy (non-hydrogen) atoms. The Morgan fingerprint density at radius 3 is 2.53 bits per heavy atom. The molecule has 176 valence electrons. The Hall–Kier alpha value is -3.46. The highest BCUT2D eigenvalue weighted by molar-refractivity contribution is 7.99. The summed E-state index contributed by atoms with van der Waals surface area (Å²) < 4.78 is 27.8. The maximum atomic E-state index is 13.5. The minimum absolute atomic E-state index is 0.0126. The molecule has 11 heteroatoms. The van der Waals surface area contributed by atoms with Crippen LogP contribution in [0.2, 0.25) is 0 Å². The molecule has 0 atom stereocenters. The summed E-state index contributed by atoms with van der Waals surface area (Å²) in [5, 5.41) is 9.75. The highest BCUT2D eigenvalue weighted by atomic mass is 32.2. The summed E-state index contributed by atoms with van der Waals surface area (Å²) in [6, 6.07) is 13.1. The number of sulfonamides is 1. The van der Waals surface area contributed by atoms with Crippen LogP contribution < -0.4 is 11.3 Å². The molecule has 2 N–H and O–H groups in total. The van der Waals surface area contributed by atoms with E-state index >= 15 is 0 Å². The molecule has 1 aromatic heterocycles.